The van der Waals surface area contributed by atoms with Gasteiger partial charge in [-0.1, -0.05) is 36.7 Å². The van der Waals surface area contributed by atoms with Crippen LogP contribution in [-0.4, -0.2) is 240 Å². The highest BCUT2D eigenvalue weighted by Crippen LogP contribution is 2.71. The third kappa shape index (κ3) is 44.9. The van der Waals surface area contributed by atoms with E-state index < -0.39 is 295 Å². The summed E-state index contributed by atoms with van der Waals surface area (Å²) in [6, 6.07) is 3.83. The highest BCUT2D eigenvalue weighted by atomic mass is 32.1. The number of hydrogen-bond donors (Lipinski definition) is 25. The van der Waals surface area contributed by atoms with Crippen LogP contribution in [0.1, 0.15) is 63.2 Å². The van der Waals surface area contributed by atoms with E-state index in [2.05, 4.69) is 92.9 Å². The zero-order valence-corrected chi connectivity index (χ0v) is 86.1. The topological polar surface area (TPSA) is 1020 Å². The van der Waals surface area contributed by atoms with Crippen molar-refractivity contribution in [3.63, 3.8) is 0 Å². The predicted molar refractivity (Wildman–Crippen MR) is 450 cm³/mol. The maximum absolute atomic E-state index is 14.2. The average Bonchev–Trinajstić information content (AvgIpc) is 1.68. The normalized spacial score (nSPS) is 27.0. The van der Waals surface area contributed by atoms with Crippen LogP contribution in [0.25, 0.3) is 0 Å². The van der Waals surface area contributed by atoms with Gasteiger partial charge in [0.2, 0.25) is 5.82 Å². The molecule has 0 spiro atoms. The highest BCUT2D eigenvalue weighted by molar-refractivity contribution is 7.73. The average molecular weight is 2480 g/mol. The lowest BCUT2D eigenvalue weighted by Gasteiger charge is -2.19. The van der Waals surface area contributed by atoms with E-state index in [1.807, 2.05) is 9.97 Å². The molecule has 5 aliphatic heterocycles. The van der Waals surface area contributed by atoms with Gasteiger partial charge in [-0.25, -0.2) is 104 Å². The van der Waals surface area contributed by atoms with Gasteiger partial charge in [0, 0.05) is 56.8 Å². The summed E-state index contributed by atoms with van der Waals surface area (Å²) in [7, 11) is -82.8. The van der Waals surface area contributed by atoms with E-state index in [9.17, 15) is 143 Å². The van der Waals surface area contributed by atoms with E-state index >= 15 is 0 Å². The summed E-state index contributed by atoms with van der Waals surface area (Å²) < 4.78 is 352. The molecule has 0 saturated carbocycles. The minimum atomic E-state index is -5.70. The smallest absolute Gasteiger partial charge is 0.349 e. The van der Waals surface area contributed by atoms with E-state index in [1.165, 1.54) is 35.3 Å². The summed E-state index contributed by atoms with van der Waals surface area (Å²) in [5.41, 5.74) is -3.39. The summed E-state index contributed by atoms with van der Waals surface area (Å²) in [6.07, 6.45) is -18.6. The van der Waals surface area contributed by atoms with E-state index in [1.54, 1.807) is 0 Å². The van der Waals surface area contributed by atoms with Crippen molar-refractivity contribution in [1.82, 2.24) is 47.8 Å². The van der Waals surface area contributed by atoms with Gasteiger partial charge in [0.25, 0.3) is 11.1 Å². The molecule has 25 N–H and O–H groups in total. The Morgan fingerprint density at radius 1 is 0.296 bits per heavy atom. The number of aromatic nitrogens is 10. The Labute approximate surface area is 808 Å². The van der Waals surface area contributed by atoms with Gasteiger partial charge in [-0.2, -0.15) is 47.5 Å². The number of rotatable bonds is 40. The maximum Gasteiger partial charge on any atom is 0.490 e. The third-order valence-corrected chi connectivity index (χ3v) is 36.3. The highest BCUT2D eigenvalue weighted by Gasteiger charge is 2.51. The van der Waals surface area contributed by atoms with Crippen molar-refractivity contribution in [3.8, 4) is 0 Å². The van der Waals surface area contributed by atoms with Gasteiger partial charge in [-0.3, -0.25) is 75.0 Å². The molecule has 0 amide bonds. The van der Waals surface area contributed by atoms with Gasteiger partial charge in [0.05, 0.1) is 75.9 Å². The van der Waals surface area contributed by atoms with Crippen molar-refractivity contribution in [2.24, 2.45) is 0 Å². The van der Waals surface area contributed by atoms with Crippen molar-refractivity contribution < 1.29 is 286 Å². The standard InChI is InChI=1S/2C9H13F2N2O12P3S.2C9H14FN2O12P3S.C9H14FN2O11P3S2/c10-5-1-4(23-8(5)13-2-6(11)7(29)12-9(13)14)3-22-27(18,19)25-28(20,21)24-26(15,16)17;10-5-1-4(23-8(5)13-2-6(11)7(14)12-9(13)29)3-22-27(18,19)25-28(20,21)24-26(15,16)17;10-6-3-5(22-8(6)12-2-1-7(28)11-9(12)13)4-21-26(17,18)24-27(19,20)23-25(14,15)16;10-6-3-5(22-8(6)12-2-1-7(13)11-9(12)28)4-21-26(17,18)24-27(19,20)23-25(14,15)16;10-6-3-5(21-8(6)12-2-1-7(27)11-9(12)28)4-20-25(16,17)23-26(18,19)22-24(13,14)15/h2*2,4-5,8H,1,3H2,(H,18,19)(H,20,21)(H,12,14,29)(H2,15,16,17);2*1-2,5-6,8H,3-4H2,(H,17,18)(H,19,20)(H,11,13,28)(H2,14,15,16);1-2,5-6,8H,3-4H2,(H,16,17)(H,18,19)(H,11,27,28)(H2,13,14,15)/t2*4-,5?,8+;3*5-,6?,8+/m00000/s1. The number of phosphoric ester groups is 5. The molecule has 5 aromatic heterocycles. The first-order chi connectivity index (χ1) is 64.2. The summed E-state index contributed by atoms with van der Waals surface area (Å²) in [5.74, 6) is -2.31. The van der Waals surface area contributed by atoms with Crippen LogP contribution in [0.2, 0.25) is 0 Å². The van der Waals surface area contributed by atoms with E-state index in [0.29, 0.717) is 21.6 Å². The fourth-order valence-corrected chi connectivity index (χ4v) is 27.4. The molecule has 812 valence electrons. The molecule has 0 radical (unpaired) electrons. The number of H-pyrrole nitrogens is 5. The van der Waals surface area contributed by atoms with Crippen LogP contribution < -0.4 is 22.5 Å². The number of ether oxygens (including phenoxy) is 5. The number of hydrogen-bond acceptors (Lipinski definition) is 45. The number of aromatic amines is 5. The Morgan fingerprint density at radius 2 is 0.528 bits per heavy atom. The molecule has 5 fully saturated rings. The van der Waals surface area contributed by atoms with Gasteiger partial charge in [0.1, 0.15) is 44.8 Å². The van der Waals surface area contributed by atoms with Gasteiger partial charge in [0.15, 0.2) is 51.3 Å². The second kappa shape index (κ2) is 50.9. The number of halogens is 7. The summed E-state index contributed by atoms with van der Waals surface area (Å²) in [6.45, 7) is -4.17. The molecule has 5 aromatic rings. The van der Waals surface area contributed by atoms with Crippen LogP contribution in [0.4, 0.5) is 30.7 Å². The molecule has 0 aromatic carbocycles. The van der Waals surface area contributed by atoms with Gasteiger partial charge >= 0.3 is 129 Å². The summed E-state index contributed by atoms with van der Waals surface area (Å²) in [4.78, 5) is 233. The van der Waals surface area contributed by atoms with Gasteiger partial charge in [-0.05, 0) is 48.8 Å². The number of alkyl halides is 5. The van der Waals surface area contributed by atoms with E-state index in [0.717, 1.165) is 19.8 Å². The first-order valence-corrected chi connectivity index (χ1v) is 60.6. The molecule has 97 heteroatoms. The molecule has 69 nitrogen and oxygen atoms in total. The zero-order chi connectivity index (χ0) is 108. The van der Waals surface area contributed by atoms with Crippen LogP contribution in [0.15, 0.2) is 68.4 Å². The number of nitrogens with zero attached hydrogens (tertiary/aromatic N) is 5. The van der Waals surface area contributed by atoms with Crippen LogP contribution in [0.5, 0.6) is 0 Å². The Kier molecular flexibility index (Phi) is 45.9. The van der Waals surface area contributed by atoms with Crippen molar-refractivity contribution >= 4 is 191 Å². The van der Waals surface area contributed by atoms with E-state index in [-0.39, 0.29) is 38.2 Å². The van der Waals surface area contributed by atoms with Crippen LogP contribution in [0.3, 0.4) is 0 Å². The van der Waals surface area contributed by atoms with Crippen LogP contribution in [0, 0.1) is 39.9 Å². The Bertz CT molecular complexity index is 6280. The van der Waals surface area contributed by atoms with Crippen LogP contribution >= 0.6 is 191 Å². The van der Waals surface area contributed by atoms with Crippen molar-refractivity contribution in [1.29, 1.82) is 0 Å². The maximum atomic E-state index is 14.2. The molecule has 142 heavy (non-hydrogen) atoms. The molecule has 25 atom stereocenters. The minimum Gasteiger partial charge on any atom is -0.349 e. The molecule has 10 heterocycles. The lowest BCUT2D eigenvalue weighted by atomic mass is 10.2. The second-order valence-corrected chi connectivity index (χ2v) is 51.3. The Hall–Kier alpha value is -2.72. The number of phosphoric acid groups is 15. The predicted octanol–water partition coefficient (Wildman–Crippen LogP) is 6.02. The third-order valence-electron chi connectivity index (χ3n) is 15.6. The first-order valence-electron chi connectivity index (χ1n) is 35.5. The minimum absolute atomic E-state index is 0.0775. The summed E-state index contributed by atoms with van der Waals surface area (Å²) >= 11 is 28.8. The molecular formula is C45H68F7N10O59P15S6. The lowest BCUT2D eigenvalue weighted by molar-refractivity contribution is -0.0393. The van der Waals surface area contributed by atoms with Crippen molar-refractivity contribution in [2.45, 2.75) is 125 Å². The molecule has 5 aliphatic rings. The molecule has 0 aliphatic carbocycles. The number of nitrogens with one attached hydrogen (secondary N) is 5. The first kappa shape index (κ1) is 128. The summed E-state index contributed by atoms with van der Waals surface area (Å²) in [5, 5.41) is 0. The monoisotopic (exact) mass is 2480 g/mol. The SMILES string of the molecule is O=P(O)(O)OP(=O)(O)OP(=O)(O)OC[C@@H]1CC(F)[C@H](n2ccc(=S)[nH]c2=S)O1.O=c1[nH]c(=S)c(F)cn1[C@@H]1O[C@H](COP(=O)(O)OP(=O)(O)OP(=O)(O)O)CC1F.O=c1[nH]c(=S)ccn1[C@@H]1O[C@H](COP(=O)(O)OP(=O)(O)OP(=O)(O)O)CC1F.O=c1[nH]c(=S)n([C@@H]2O[C@H](COP(=O)(O)OP(=O)(O)OP(=O)(O)O)CC2F)cc1F.O=c1ccn([C@@H]2O[C@H](COP(=O)(O)OP(=O)(O)OP(=O)(O)O)CC2F)c(=S)[nH]1. The fourth-order valence-electron chi connectivity index (χ4n) is 10.8. The quantitative estimate of drug-likeness (QED) is 0.0121. The largest absolute Gasteiger partial charge is 0.490 e. The van der Waals surface area contributed by atoms with Gasteiger partial charge < -0.3 is 127 Å². The van der Waals surface area contributed by atoms with Crippen molar-refractivity contribution in [2.75, 3.05) is 33.0 Å². The Balaban J connectivity index is 0.000000272. The van der Waals surface area contributed by atoms with Crippen molar-refractivity contribution in [3.05, 3.63) is 131 Å². The lowest BCUT2D eigenvalue weighted by Crippen LogP contribution is -2.31. The zero-order valence-electron chi connectivity index (χ0n) is 67.8. The second-order valence-electron chi connectivity index (χ2n) is 26.8. The fraction of sp³-hybridized carbons (Fsp3) is 0.556. The molecular weight excluding hydrogens is 2410 g/mol. The van der Waals surface area contributed by atoms with Crippen LogP contribution in [-0.2, 0) is 158 Å². The molecule has 10 rings (SSSR count). The molecule has 15 unspecified atom stereocenters. The van der Waals surface area contributed by atoms with Gasteiger partial charge in [-0.15, -0.1) is 0 Å². The molecule has 5 saturated heterocycles. The Morgan fingerprint density at radius 3 is 0.803 bits per heavy atom. The molecule has 0 bridgehead atoms. The van der Waals surface area contributed by atoms with E-state index in [4.69, 9.17) is 158 Å².